The van der Waals surface area contributed by atoms with Crippen LogP contribution in [0, 0.1) is 0 Å². The molecular formula is C15H15ClN2O. The smallest absolute Gasteiger partial charge is 0.132 e. The molecule has 98 valence electrons. The van der Waals surface area contributed by atoms with Crippen LogP contribution in [0.5, 0.6) is 5.75 Å². The van der Waals surface area contributed by atoms with Crippen LogP contribution in [-0.2, 0) is 19.5 Å². The van der Waals surface area contributed by atoms with E-state index in [9.17, 15) is 5.11 Å². The van der Waals surface area contributed by atoms with Crippen molar-refractivity contribution in [2.45, 2.75) is 19.5 Å². The van der Waals surface area contributed by atoms with E-state index in [1.807, 2.05) is 24.3 Å². The van der Waals surface area contributed by atoms with E-state index in [4.69, 9.17) is 11.6 Å². The van der Waals surface area contributed by atoms with Gasteiger partial charge in [-0.3, -0.25) is 4.90 Å². The monoisotopic (exact) mass is 274 g/mol. The molecule has 0 amide bonds. The van der Waals surface area contributed by atoms with Crippen LogP contribution in [0.4, 0.5) is 0 Å². The molecule has 0 unspecified atom stereocenters. The van der Waals surface area contributed by atoms with Crippen LogP contribution in [0.3, 0.4) is 0 Å². The lowest BCUT2D eigenvalue weighted by Crippen LogP contribution is -2.19. The van der Waals surface area contributed by atoms with E-state index in [2.05, 4.69) is 9.88 Å². The molecule has 1 aromatic carbocycles. The Hall–Kier alpha value is -1.58. The first-order valence-corrected chi connectivity index (χ1v) is 6.73. The lowest BCUT2D eigenvalue weighted by molar-refractivity contribution is 0.288. The molecule has 4 heteroatoms. The molecule has 0 fully saturated rings. The molecule has 3 rings (SSSR count). The summed E-state index contributed by atoms with van der Waals surface area (Å²) < 4.78 is 0. The highest BCUT2D eigenvalue weighted by Crippen LogP contribution is 2.26. The zero-order valence-electron chi connectivity index (χ0n) is 10.5. The minimum absolute atomic E-state index is 0.343. The van der Waals surface area contributed by atoms with Crippen molar-refractivity contribution < 1.29 is 5.11 Å². The Labute approximate surface area is 117 Å². The molecule has 0 bridgehead atoms. The number of aromatic nitrogens is 1. The minimum atomic E-state index is 0.343. The molecule has 1 aliphatic heterocycles. The standard InChI is InChI=1S/C15H15ClN2O/c16-15-11(2-1-6-17-15)5-7-18-9-12-3-4-14(19)8-13(12)10-18/h1-4,6,8,19H,5,7,9-10H2. The molecular weight excluding hydrogens is 260 g/mol. The summed E-state index contributed by atoms with van der Waals surface area (Å²) in [5, 5.41) is 10.1. The van der Waals surface area contributed by atoms with Gasteiger partial charge in [-0.25, -0.2) is 4.98 Å². The fourth-order valence-corrected chi connectivity index (χ4v) is 2.71. The maximum atomic E-state index is 9.48. The molecule has 0 radical (unpaired) electrons. The van der Waals surface area contributed by atoms with Gasteiger partial charge in [-0.05, 0) is 41.3 Å². The quantitative estimate of drug-likeness (QED) is 0.874. The van der Waals surface area contributed by atoms with Crippen molar-refractivity contribution in [2.24, 2.45) is 0 Å². The first kappa shape index (κ1) is 12.5. The third kappa shape index (κ3) is 2.72. The Kier molecular flexibility index (Phi) is 3.40. The summed E-state index contributed by atoms with van der Waals surface area (Å²) in [6, 6.07) is 9.54. The van der Waals surface area contributed by atoms with E-state index in [1.165, 1.54) is 11.1 Å². The van der Waals surface area contributed by atoms with Gasteiger partial charge < -0.3 is 5.11 Å². The number of hydrogen-bond acceptors (Lipinski definition) is 3. The molecule has 2 heterocycles. The molecule has 0 spiro atoms. The molecule has 1 N–H and O–H groups in total. The van der Waals surface area contributed by atoms with E-state index in [0.29, 0.717) is 10.9 Å². The highest BCUT2D eigenvalue weighted by atomic mass is 35.5. The van der Waals surface area contributed by atoms with Crippen LogP contribution in [-0.4, -0.2) is 21.5 Å². The van der Waals surface area contributed by atoms with Gasteiger partial charge in [-0.1, -0.05) is 23.7 Å². The summed E-state index contributed by atoms with van der Waals surface area (Å²) in [6.07, 6.45) is 2.60. The fraction of sp³-hybridized carbons (Fsp3) is 0.267. The predicted octanol–water partition coefficient (Wildman–Crippen LogP) is 3.00. The zero-order valence-corrected chi connectivity index (χ0v) is 11.3. The summed E-state index contributed by atoms with van der Waals surface area (Å²) >= 11 is 6.06. The maximum absolute atomic E-state index is 9.48. The molecule has 1 aromatic heterocycles. The van der Waals surface area contributed by atoms with E-state index < -0.39 is 0 Å². The molecule has 0 atom stereocenters. The number of phenolic OH excluding ortho intramolecular Hbond substituents is 1. The average molecular weight is 275 g/mol. The molecule has 3 nitrogen and oxygen atoms in total. The lowest BCUT2D eigenvalue weighted by Gasteiger charge is -2.14. The highest BCUT2D eigenvalue weighted by molar-refractivity contribution is 6.30. The van der Waals surface area contributed by atoms with Gasteiger partial charge in [0.25, 0.3) is 0 Å². The topological polar surface area (TPSA) is 36.4 Å². The largest absolute Gasteiger partial charge is 0.508 e. The van der Waals surface area contributed by atoms with Crippen LogP contribution >= 0.6 is 11.6 Å². The number of nitrogens with zero attached hydrogens (tertiary/aromatic N) is 2. The fourth-order valence-electron chi connectivity index (χ4n) is 2.49. The summed E-state index contributed by atoms with van der Waals surface area (Å²) in [5.74, 6) is 0.343. The van der Waals surface area contributed by atoms with Crippen molar-refractivity contribution in [3.05, 3.63) is 58.4 Å². The van der Waals surface area contributed by atoms with Gasteiger partial charge in [0.2, 0.25) is 0 Å². The van der Waals surface area contributed by atoms with Gasteiger partial charge in [-0.2, -0.15) is 0 Å². The van der Waals surface area contributed by atoms with Crippen LogP contribution in [0.2, 0.25) is 5.15 Å². The molecule has 2 aromatic rings. The first-order valence-electron chi connectivity index (χ1n) is 6.35. The van der Waals surface area contributed by atoms with Crippen molar-refractivity contribution >= 4 is 11.6 Å². The Morgan fingerprint density at radius 2 is 2.05 bits per heavy atom. The van der Waals surface area contributed by atoms with Crippen LogP contribution in [0.25, 0.3) is 0 Å². The third-order valence-electron chi connectivity index (χ3n) is 3.51. The summed E-state index contributed by atoms with van der Waals surface area (Å²) in [7, 11) is 0. The Morgan fingerprint density at radius 3 is 2.89 bits per heavy atom. The minimum Gasteiger partial charge on any atom is -0.508 e. The maximum Gasteiger partial charge on any atom is 0.132 e. The van der Waals surface area contributed by atoms with Crippen LogP contribution < -0.4 is 0 Å². The lowest BCUT2D eigenvalue weighted by atomic mass is 10.1. The molecule has 19 heavy (non-hydrogen) atoms. The Morgan fingerprint density at radius 1 is 1.21 bits per heavy atom. The molecule has 0 saturated heterocycles. The van der Waals surface area contributed by atoms with Gasteiger partial charge in [0.15, 0.2) is 0 Å². The SMILES string of the molecule is Oc1ccc2c(c1)CN(CCc1cccnc1Cl)C2. The number of hydrogen-bond donors (Lipinski definition) is 1. The van der Waals surface area contributed by atoms with Crippen molar-refractivity contribution in [1.29, 1.82) is 0 Å². The normalized spacial score (nSPS) is 14.6. The highest BCUT2D eigenvalue weighted by Gasteiger charge is 2.19. The number of benzene rings is 1. The summed E-state index contributed by atoms with van der Waals surface area (Å²) in [6.45, 7) is 2.77. The van der Waals surface area contributed by atoms with Crippen molar-refractivity contribution in [3.63, 3.8) is 0 Å². The third-order valence-corrected chi connectivity index (χ3v) is 3.85. The number of phenols is 1. The van der Waals surface area contributed by atoms with Crippen molar-refractivity contribution in [3.8, 4) is 5.75 Å². The zero-order chi connectivity index (χ0) is 13.2. The van der Waals surface area contributed by atoms with E-state index in [1.54, 1.807) is 12.3 Å². The van der Waals surface area contributed by atoms with Gasteiger partial charge in [0.05, 0.1) is 0 Å². The van der Waals surface area contributed by atoms with E-state index in [0.717, 1.165) is 31.6 Å². The number of fused-ring (bicyclic) bond motifs is 1. The van der Waals surface area contributed by atoms with Gasteiger partial charge in [0.1, 0.15) is 10.9 Å². The van der Waals surface area contributed by atoms with E-state index in [-0.39, 0.29) is 0 Å². The number of rotatable bonds is 3. The second-order valence-electron chi connectivity index (χ2n) is 4.87. The predicted molar refractivity (Wildman–Crippen MR) is 75.2 cm³/mol. The molecule has 0 saturated carbocycles. The van der Waals surface area contributed by atoms with Crippen molar-refractivity contribution in [1.82, 2.24) is 9.88 Å². The second-order valence-corrected chi connectivity index (χ2v) is 5.23. The van der Waals surface area contributed by atoms with E-state index >= 15 is 0 Å². The second kappa shape index (κ2) is 5.19. The van der Waals surface area contributed by atoms with Gasteiger partial charge in [-0.15, -0.1) is 0 Å². The van der Waals surface area contributed by atoms with Crippen LogP contribution in [0.1, 0.15) is 16.7 Å². The van der Waals surface area contributed by atoms with Gasteiger partial charge in [0, 0.05) is 25.8 Å². The molecule has 1 aliphatic rings. The van der Waals surface area contributed by atoms with Crippen molar-refractivity contribution in [2.75, 3.05) is 6.54 Å². The number of halogens is 1. The molecule has 0 aliphatic carbocycles. The Balaban J connectivity index is 1.63. The number of pyridine rings is 1. The summed E-state index contributed by atoms with van der Waals surface area (Å²) in [4.78, 5) is 6.44. The Bertz CT molecular complexity index is 600. The summed E-state index contributed by atoms with van der Waals surface area (Å²) in [5.41, 5.74) is 3.61. The number of aromatic hydroxyl groups is 1. The van der Waals surface area contributed by atoms with Crippen LogP contribution in [0.15, 0.2) is 36.5 Å². The van der Waals surface area contributed by atoms with Gasteiger partial charge >= 0.3 is 0 Å². The first-order chi connectivity index (χ1) is 9.22. The average Bonchev–Trinajstić information content (AvgIpc) is 2.79.